The van der Waals surface area contributed by atoms with Crippen LogP contribution in [0.5, 0.6) is 0 Å². The Bertz CT molecular complexity index is 235. The maximum absolute atomic E-state index is 12.0. The SMILES string of the molecule is CC(C)C(=O)C1CC2CCCC(C1)N2C. The van der Waals surface area contributed by atoms with Gasteiger partial charge in [0.25, 0.3) is 0 Å². The minimum absolute atomic E-state index is 0.221. The van der Waals surface area contributed by atoms with Crippen molar-refractivity contribution in [3.05, 3.63) is 0 Å². The fourth-order valence-electron chi connectivity index (χ4n) is 3.32. The summed E-state index contributed by atoms with van der Waals surface area (Å²) in [5.41, 5.74) is 0. The molecule has 0 aromatic rings. The van der Waals surface area contributed by atoms with E-state index in [9.17, 15) is 4.79 Å². The summed E-state index contributed by atoms with van der Waals surface area (Å²) in [4.78, 5) is 14.5. The van der Waals surface area contributed by atoms with Crippen LogP contribution in [-0.4, -0.2) is 29.8 Å². The van der Waals surface area contributed by atoms with E-state index in [-0.39, 0.29) is 5.92 Å². The van der Waals surface area contributed by atoms with E-state index in [2.05, 4.69) is 11.9 Å². The van der Waals surface area contributed by atoms with Crippen molar-refractivity contribution in [2.75, 3.05) is 7.05 Å². The molecule has 0 aliphatic carbocycles. The topological polar surface area (TPSA) is 20.3 Å². The molecule has 2 nitrogen and oxygen atoms in total. The van der Waals surface area contributed by atoms with E-state index in [1.807, 2.05) is 13.8 Å². The third-order valence-electron chi connectivity index (χ3n) is 4.31. The molecule has 86 valence electrons. The summed E-state index contributed by atoms with van der Waals surface area (Å²) in [6.45, 7) is 4.08. The number of rotatable bonds is 2. The zero-order valence-corrected chi connectivity index (χ0v) is 10.2. The van der Waals surface area contributed by atoms with Gasteiger partial charge in [-0.25, -0.2) is 0 Å². The highest BCUT2D eigenvalue weighted by Gasteiger charge is 2.38. The monoisotopic (exact) mass is 209 g/mol. The molecule has 2 heteroatoms. The van der Waals surface area contributed by atoms with Crippen molar-refractivity contribution < 1.29 is 4.79 Å². The highest BCUT2D eigenvalue weighted by Crippen LogP contribution is 2.36. The lowest BCUT2D eigenvalue weighted by Gasteiger charge is -2.47. The zero-order valence-electron chi connectivity index (χ0n) is 10.2. The van der Waals surface area contributed by atoms with Gasteiger partial charge in [0, 0.05) is 23.9 Å². The molecule has 0 radical (unpaired) electrons. The first kappa shape index (κ1) is 11.1. The number of hydrogen-bond donors (Lipinski definition) is 0. The van der Waals surface area contributed by atoms with Gasteiger partial charge in [-0.05, 0) is 32.7 Å². The van der Waals surface area contributed by atoms with Gasteiger partial charge in [-0.3, -0.25) is 4.79 Å². The van der Waals surface area contributed by atoms with Crippen molar-refractivity contribution in [1.82, 2.24) is 4.90 Å². The van der Waals surface area contributed by atoms with Crippen LogP contribution >= 0.6 is 0 Å². The van der Waals surface area contributed by atoms with Crippen LogP contribution in [0, 0.1) is 11.8 Å². The van der Waals surface area contributed by atoms with E-state index in [1.54, 1.807) is 0 Å². The van der Waals surface area contributed by atoms with Gasteiger partial charge < -0.3 is 4.90 Å². The Labute approximate surface area is 93.0 Å². The fraction of sp³-hybridized carbons (Fsp3) is 0.923. The van der Waals surface area contributed by atoms with Gasteiger partial charge in [-0.1, -0.05) is 20.3 Å². The van der Waals surface area contributed by atoms with Crippen LogP contribution in [0.3, 0.4) is 0 Å². The molecule has 2 unspecified atom stereocenters. The standard InChI is InChI=1S/C13H23NO/c1-9(2)13(15)10-7-11-5-4-6-12(8-10)14(11)3/h9-12H,4-8H2,1-3H3. The highest BCUT2D eigenvalue weighted by atomic mass is 16.1. The molecule has 2 fully saturated rings. The molecule has 2 rings (SSSR count). The average Bonchev–Trinajstić information content (AvgIpc) is 2.16. The van der Waals surface area contributed by atoms with Crippen LogP contribution in [-0.2, 0) is 4.79 Å². The second kappa shape index (κ2) is 4.25. The Hall–Kier alpha value is -0.370. The number of Topliss-reactive ketones (excluding diaryl/α,β-unsaturated/α-hetero) is 1. The molecule has 0 amide bonds. The van der Waals surface area contributed by atoms with E-state index in [0.717, 1.165) is 12.8 Å². The van der Waals surface area contributed by atoms with Crippen LogP contribution in [0.1, 0.15) is 46.0 Å². The first-order chi connectivity index (χ1) is 7.09. The fourth-order valence-corrected chi connectivity index (χ4v) is 3.32. The molecule has 0 saturated carbocycles. The van der Waals surface area contributed by atoms with Crippen molar-refractivity contribution in [2.45, 2.75) is 58.0 Å². The van der Waals surface area contributed by atoms with E-state index in [0.29, 0.717) is 23.8 Å². The lowest BCUT2D eigenvalue weighted by Crippen LogP contribution is -2.51. The van der Waals surface area contributed by atoms with Gasteiger partial charge in [0.05, 0.1) is 0 Å². The highest BCUT2D eigenvalue weighted by molar-refractivity contribution is 5.83. The van der Waals surface area contributed by atoms with E-state index >= 15 is 0 Å². The van der Waals surface area contributed by atoms with Crippen LogP contribution in [0.4, 0.5) is 0 Å². The number of hydrogen-bond acceptors (Lipinski definition) is 2. The third-order valence-corrected chi connectivity index (χ3v) is 4.31. The van der Waals surface area contributed by atoms with Gasteiger partial charge in [0.15, 0.2) is 0 Å². The number of nitrogens with zero attached hydrogens (tertiary/aromatic N) is 1. The Morgan fingerprint density at radius 3 is 2.20 bits per heavy atom. The summed E-state index contributed by atoms with van der Waals surface area (Å²) in [5, 5.41) is 0. The molecule has 0 aromatic carbocycles. The summed E-state index contributed by atoms with van der Waals surface area (Å²) in [6, 6.07) is 1.37. The molecular formula is C13H23NO. The molecule has 2 bridgehead atoms. The Kier molecular flexibility index (Phi) is 3.15. The van der Waals surface area contributed by atoms with E-state index < -0.39 is 0 Å². The van der Waals surface area contributed by atoms with Crippen molar-refractivity contribution in [3.63, 3.8) is 0 Å². The van der Waals surface area contributed by atoms with Crippen molar-refractivity contribution in [2.24, 2.45) is 11.8 Å². The first-order valence-electron chi connectivity index (χ1n) is 6.35. The second-order valence-electron chi connectivity index (χ2n) is 5.63. The second-order valence-corrected chi connectivity index (χ2v) is 5.63. The van der Waals surface area contributed by atoms with Gasteiger partial charge in [-0.2, -0.15) is 0 Å². The number of piperidine rings is 2. The van der Waals surface area contributed by atoms with Gasteiger partial charge >= 0.3 is 0 Å². The predicted molar refractivity (Wildman–Crippen MR) is 61.8 cm³/mol. The molecule has 2 aliphatic rings. The number of fused-ring (bicyclic) bond motifs is 2. The molecule has 0 spiro atoms. The minimum atomic E-state index is 0.221. The van der Waals surface area contributed by atoms with Crippen molar-refractivity contribution >= 4 is 5.78 Å². The van der Waals surface area contributed by atoms with E-state index in [4.69, 9.17) is 0 Å². The predicted octanol–water partition coefficient (Wildman–Crippen LogP) is 2.47. The molecule has 2 aliphatic heterocycles. The quantitative estimate of drug-likeness (QED) is 0.696. The number of ketones is 1. The number of carbonyl (C=O) groups is 1. The Morgan fingerprint density at radius 1 is 1.20 bits per heavy atom. The van der Waals surface area contributed by atoms with Crippen LogP contribution < -0.4 is 0 Å². The lowest BCUT2D eigenvalue weighted by molar-refractivity contribution is -0.129. The lowest BCUT2D eigenvalue weighted by atomic mass is 9.75. The Balaban J connectivity index is 2.04. The summed E-state index contributed by atoms with van der Waals surface area (Å²) in [7, 11) is 2.24. The van der Waals surface area contributed by atoms with Gasteiger partial charge in [0.2, 0.25) is 0 Å². The summed E-state index contributed by atoms with van der Waals surface area (Å²) >= 11 is 0. The van der Waals surface area contributed by atoms with Gasteiger partial charge in [-0.15, -0.1) is 0 Å². The third kappa shape index (κ3) is 2.10. The maximum Gasteiger partial charge on any atom is 0.138 e. The molecule has 2 saturated heterocycles. The van der Waals surface area contributed by atoms with Crippen molar-refractivity contribution in [1.29, 1.82) is 0 Å². The van der Waals surface area contributed by atoms with Crippen LogP contribution in [0.25, 0.3) is 0 Å². The molecule has 0 aromatic heterocycles. The molecule has 0 N–H and O–H groups in total. The molecule has 15 heavy (non-hydrogen) atoms. The number of carbonyl (C=O) groups excluding carboxylic acids is 1. The average molecular weight is 209 g/mol. The zero-order chi connectivity index (χ0) is 11.0. The molecular weight excluding hydrogens is 186 g/mol. The Morgan fingerprint density at radius 2 is 1.73 bits per heavy atom. The van der Waals surface area contributed by atoms with Crippen molar-refractivity contribution in [3.8, 4) is 0 Å². The summed E-state index contributed by atoms with van der Waals surface area (Å²) in [6.07, 6.45) is 6.19. The van der Waals surface area contributed by atoms with Crippen LogP contribution in [0.2, 0.25) is 0 Å². The largest absolute Gasteiger partial charge is 0.300 e. The smallest absolute Gasteiger partial charge is 0.138 e. The maximum atomic E-state index is 12.0. The molecule has 2 atom stereocenters. The normalized spacial score (nSPS) is 36.9. The summed E-state index contributed by atoms with van der Waals surface area (Å²) < 4.78 is 0. The molecule has 2 heterocycles. The van der Waals surface area contributed by atoms with Crippen LogP contribution in [0.15, 0.2) is 0 Å². The van der Waals surface area contributed by atoms with Gasteiger partial charge in [0.1, 0.15) is 5.78 Å². The first-order valence-corrected chi connectivity index (χ1v) is 6.35. The summed E-state index contributed by atoms with van der Waals surface area (Å²) in [5.74, 6) is 1.08. The van der Waals surface area contributed by atoms with E-state index in [1.165, 1.54) is 19.3 Å². The minimum Gasteiger partial charge on any atom is -0.300 e.